The van der Waals surface area contributed by atoms with Crippen LogP contribution in [0.25, 0.3) is 0 Å². The second-order valence-corrected chi connectivity index (χ2v) is 11.2. The van der Waals surface area contributed by atoms with Crippen molar-refractivity contribution in [3.05, 3.63) is 23.8 Å². The fourth-order valence-corrected chi connectivity index (χ4v) is 6.69. The Bertz CT molecular complexity index is 800. The Morgan fingerprint density at radius 3 is 2.50 bits per heavy atom. The molecule has 0 heterocycles. The Kier molecular flexibility index (Phi) is 7.01. The molecule has 0 spiro atoms. The highest BCUT2D eigenvalue weighted by atomic mass is 16.5. The van der Waals surface area contributed by atoms with Crippen molar-refractivity contribution in [2.75, 3.05) is 6.61 Å². The van der Waals surface area contributed by atoms with Gasteiger partial charge < -0.3 is 14.6 Å². The van der Waals surface area contributed by atoms with Gasteiger partial charge in [0.15, 0.2) is 0 Å². The molecule has 3 aliphatic carbocycles. The Morgan fingerprint density at radius 2 is 1.91 bits per heavy atom. The van der Waals surface area contributed by atoms with Crippen LogP contribution in [0.15, 0.2) is 23.8 Å². The number of carbonyl (C=O) groups is 2. The number of esters is 2. The minimum Gasteiger partial charge on any atom is -0.465 e. The number of aliphatic hydroxyl groups excluding tert-OH is 1. The van der Waals surface area contributed by atoms with Gasteiger partial charge in [0.2, 0.25) is 0 Å². The molecule has 1 fully saturated rings. The average Bonchev–Trinajstić information content (AvgIpc) is 2.76. The van der Waals surface area contributed by atoms with Crippen LogP contribution in [-0.2, 0) is 19.1 Å². The second kappa shape index (κ2) is 8.96. The van der Waals surface area contributed by atoms with Crippen molar-refractivity contribution in [3.8, 4) is 0 Å². The molecule has 5 heteroatoms. The molecular formula is C27H42O5. The average molecular weight is 447 g/mol. The van der Waals surface area contributed by atoms with Crippen LogP contribution in [0.4, 0.5) is 0 Å². The van der Waals surface area contributed by atoms with Crippen molar-refractivity contribution < 1.29 is 24.2 Å². The van der Waals surface area contributed by atoms with Gasteiger partial charge in [-0.3, -0.25) is 9.59 Å². The van der Waals surface area contributed by atoms with Crippen molar-refractivity contribution in [1.29, 1.82) is 0 Å². The highest BCUT2D eigenvalue weighted by Gasteiger charge is 2.59. The molecule has 5 nitrogen and oxygen atoms in total. The normalized spacial score (nSPS) is 40.0. The van der Waals surface area contributed by atoms with E-state index in [1.807, 2.05) is 19.9 Å². The molecule has 0 aromatic rings. The maximum absolute atomic E-state index is 12.4. The first-order chi connectivity index (χ1) is 14.9. The molecule has 0 unspecified atom stereocenters. The molecule has 1 N–H and O–H groups in total. The summed E-state index contributed by atoms with van der Waals surface area (Å²) < 4.78 is 11.7. The fourth-order valence-electron chi connectivity index (χ4n) is 6.69. The Labute approximate surface area is 193 Å². The topological polar surface area (TPSA) is 72.8 Å². The number of carbonyl (C=O) groups excluding carboxylic acids is 2. The minimum absolute atomic E-state index is 0.0979. The summed E-state index contributed by atoms with van der Waals surface area (Å²) in [6.07, 6.45) is 6.84. The Morgan fingerprint density at radius 1 is 1.22 bits per heavy atom. The SMILES string of the molecule is C=C[C@]1(C)CCC2=C(CC[C@H]3[C@](C)(COC(=O)[C@H](C)CC)CC[C@H](O)[C@]23C)[C@@H]1OC(C)=O. The maximum Gasteiger partial charge on any atom is 0.308 e. The third-order valence-corrected chi connectivity index (χ3v) is 9.12. The standard InChI is InChI=1S/C27H42O5/c1-8-17(3)24(30)31-16-26(6)15-13-22(29)27(7)20-12-14-25(5,9-2)23(32-18(4)28)19(20)10-11-21(26)27/h9,17,21-23,29H,2,8,10-16H2,1,3-7H3/t17-,21+,22+,23+,25-,26+,27-/m1/s1. The van der Waals surface area contributed by atoms with Crippen molar-refractivity contribution in [2.45, 2.75) is 98.7 Å². The summed E-state index contributed by atoms with van der Waals surface area (Å²) in [6, 6.07) is 0. The largest absolute Gasteiger partial charge is 0.465 e. The van der Waals surface area contributed by atoms with Crippen LogP contribution in [0.1, 0.15) is 86.5 Å². The van der Waals surface area contributed by atoms with E-state index in [0.717, 1.165) is 38.5 Å². The Hall–Kier alpha value is -1.62. The van der Waals surface area contributed by atoms with Crippen molar-refractivity contribution in [3.63, 3.8) is 0 Å². The lowest BCUT2D eigenvalue weighted by molar-refractivity contribution is -0.162. The Balaban J connectivity index is 1.98. The maximum atomic E-state index is 12.4. The second-order valence-electron chi connectivity index (χ2n) is 11.2. The summed E-state index contributed by atoms with van der Waals surface area (Å²) in [4.78, 5) is 24.4. The van der Waals surface area contributed by atoms with E-state index in [4.69, 9.17) is 9.47 Å². The van der Waals surface area contributed by atoms with Crippen molar-refractivity contribution in [2.24, 2.45) is 28.1 Å². The van der Waals surface area contributed by atoms with E-state index >= 15 is 0 Å². The lowest BCUT2D eigenvalue weighted by atomic mass is 9.46. The highest BCUT2D eigenvalue weighted by Crippen LogP contribution is 2.63. The lowest BCUT2D eigenvalue weighted by Crippen LogP contribution is -2.57. The number of ether oxygens (including phenoxy) is 2. The molecule has 1 saturated carbocycles. The van der Waals surface area contributed by atoms with E-state index in [1.165, 1.54) is 18.1 Å². The van der Waals surface area contributed by atoms with Crippen LogP contribution in [0.3, 0.4) is 0 Å². The molecule has 0 amide bonds. The molecule has 0 aromatic heterocycles. The molecule has 3 rings (SSSR count). The molecule has 180 valence electrons. The first-order valence-corrected chi connectivity index (χ1v) is 12.3. The van der Waals surface area contributed by atoms with Gasteiger partial charge in [-0.15, -0.1) is 6.58 Å². The summed E-state index contributed by atoms with van der Waals surface area (Å²) in [5.74, 6) is -0.311. The first kappa shape index (κ1) is 25.0. The van der Waals surface area contributed by atoms with E-state index < -0.39 is 11.5 Å². The van der Waals surface area contributed by atoms with Gasteiger partial charge >= 0.3 is 11.9 Å². The summed E-state index contributed by atoms with van der Waals surface area (Å²) in [6.45, 7) is 16.3. The van der Waals surface area contributed by atoms with Crippen molar-refractivity contribution in [1.82, 2.24) is 0 Å². The number of fused-ring (bicyclic) bond motifs is 2. The quantitative estimate of drug-likeness (QED) is 0.439. The van der Waals surface area contributed by atoms with Crippen LogP contribution in [0.5, 0.6) is 0 Å². The predicted molar refractivity (Wildman–Crippen MR) is 125 cm³/mol. The van der Waals surface area contributed by atoms with Gasteiger partial charge in [0.1, 0.15) is 6.10 Å². The van der Waals surface area contributed by atoms with Crippen molar-refractivity contribution >= 4 is 11.9 Å². The summed E-state index contributed by atoms with van der Waals surface area (Å²) in [5.41, 5.74) is 1.52. The van der Waals surface area contributed by atoms with Gasteiger partial charge in [-0.1, -0.05) is 46.3 Å². The van der Waals surface area contributed by atoms with Gasteiger partial charge in [-0.05, 0) is 56.4 Å². The molecule has 0 aliphatic heterocycles. The lowest BCUT2D eigenvalue weighted by Gasteiger charge is -2.60. The highest BCUT2D eigenvalue weighted by molar-refractivity contribution is 5.71. The van der Waals surface area contributed by atoms with Gasteiger partial charge in [-0.2, -0.15) is 0 Å². The van der Waals surface area contributed by atoms with E-state index in [1.54, 1.807) is 0 Å². The first-order valence-electron chi connectivity index (χ1n) is 12.3. The monoisotopic (exact) mass is 446 g/mol. The number of aliphatic hydroxyl groups is 1. The third kappa shape index (κ3) is 4.06. The van der Waals surface area contributed by atoms with E-state index in [-0.39, 0.29) is 40.7 Å². The molecular weight excluding hydrogens is 404 g/mol. The molecule has 0 aromatic carbocycles. The van der Waals surface area contributed by atoms with Crippen LogP contribution < -0.4 is 0 Å². The molecule has 32 heavy (non-hydrogen) atoms. The zero-order valence-electron chi connectivity index (χ0n) is 20.8. The number of hydrogen-bond donors (Lipinski definition) is 1. The zero-order chi connectivity index (χ0) is 23.9. The number of rotatable bonds is 6. The van der Waals surface area contributed by atoms with Gasteiger partial charge in [0.05, 0.1) is 18.6 Å². The summed E-state index contributed by atoms with van der Waals surface area (Å²) in [7, 11) is 0. The van der Waals surface area contributed by atoms with Crippen LogP contribution in [0, 0.1) is 28.1 Å². The summed E-state index contributed by atoms with van der Waals surface area (Å²) in [5, 5.41) is 11.3. The number of hydrogen-bond acceptors (Lipinski definition) is 5. The van der Waals surface area contributed by atoms with Gasteiger partial charge in [0, 0.05) is 23.2 Å². The fraction of sp³-hybridized carbons (Fsp3) is 0.778. The van der Waals surface area contributed by atoms with Gasteiger partial charge in [-0.25, -0.2) is 0 Å². The smallest absolute Gasteiger partial charge is 0.308 e. The third-order valence-electron chi connectivity index (χ3n) is 9.12. The predicted octanol–water partition coefficient (Wildman–Crippen LogP) is 5.37. The van der Waals surface area contributed by atoms with E-state index in [0.29, 0.717) is 13.0 Å². The molecule has 7 atom stereocenters. The van der Waals surface area contributed by atoms with Crippen LogP contribution in [0.2, 0.25) is 0 Å². The molecule has 0 radical (unpaired) electrons. The minimum atomic E-state index is -0.456. The molecule has 3 aliphatic rings. The van der Waals surface area contributed by atoms with E-state index in [9.17, 15) is 14.7 Å². The molecule has 0 saturated heterocycles. The van der Waals surface area contributed by atoms with Gasteiger partial charge in [0.25, 0.3) is 0 Å². The molecule has 0 bridgehead atoms. The van der Waals surface area contributed by atoms with E-state index in [2.05, 4.69) is 27.4 Å². The van der Waals surface area contributed by atoms with Crippen LogP contribution >= 0.6 is 0 Å². The zero-order valence-corrected chi connectivity index (χ0v) is 20.8. The summed E-state index contributed by atoms with van der Waals surface area (Å²) >= 11 is 0. The van der Waals surface area contributed by atoms with Crippen LogP contribution in [-0.4, -0.2) is 35.9 Å².